The minimum atomic E-state index is -0.619. The van der Waals surface area contributed by atoms with Gasteiger partial charge in [-0.15, -0.1) is 0 Å². The monoisotopic (exact) mass is 286 g/mol. The lowest BCUT2D eigenvalue weighted by Gasteiger charge is -2.06. The average Bonchev–Trinajstić information content (AvgIpc) is 2.36. The molecule has 0 atom stereocenters. The van der Waals surface area contributed by atoms with E-state index >= 15 is 0 Å². The highest BCUT2D eigenvalue weighted by molar-refractivity contribution is 6.34. The van der Waals surface area contributed by atoms with E-state index in [2.05, 4.69) is 10.1 Å². The van der Waals surface area contributed by atoms with Crippen LogP contribution in [0.15, 0.2) is 18.2 Å². The summed E-state index contributed by atoms with van der Waals surface area (Å²) in [5.74, 6) is -1.18. The fraction of sp³-hybridized carbons (Fsp3) is 0.273. The van der Waals surface area contributed by atoms with Crippen LogP contribution in [0.4, 0.5) is 5.69 Å². The second kappa shape index (κ2) is 6.69. The summed E-state index contributed by atoms with van der Waals surface area (Å²) in [5, 5.41) is 12.8. The minimum Gasteiger partial charge on any atom is -0.465 e. The second-order valence-corrected chi connectivity index (χ2v) is 3.82. The molecule has 0 aliphatic carbocycles. The molecule has 0 spiro atoms. The molecule has 0 aliphatic heterocycles. The Morgan fingerprint density at radius 1 is 1.47 bits per heavy atom. The molecule has 8 heteroatoms. The average molecular weight is 287 g/mol. The van der Waals surface area contributed by atoms with Gasteiger partial charge in [-0.3, -0.25) is 19.7 Å². The van der Waals surface area contributed by atoms with Gasteiger partial charge in [0, 0.05) is 12.1 Å². The number of esters is 1. The largest absolute Gasteiger partial charge is 0.465 e. The summed E-state index contributed by atoms with van der Waals surface area (Å²) in [6.07, 6.45) is 0. The molecule has 1 rings (SSSR count). The van der Waals surface area contributed by atoms with Crippen LogP contribution < -0.4 is 5.32 Å². The lowest BCUT2D eigenvalue weighted by molar-refractivity contribution is -0.384. The standard InChI is InChI=1S/C11H11ClN2O5/c1-2-19-10(15)6-13-11(16)8-4-3-7(14(17)18)5-9(8)12/h3-5H,2,6H2,1H3,(H,13,16). The van der Waals surface area contributed by atoms with Crippen molar-refractivity contribution in [2.45, 2.75) is 6.92 Å². The maximum absolute atomic E-state index is 11.7. The molecule has 1 N–H and O–H groups in total. The SMILES string of the molecule is CCOC(=O)CNC(=O)c1ccc([N+](=O)[O-])cc1Cl. The zero-order valence-electron chi connectivity index (χ0n) is 10.0. The van der Waals surface area contributed by atoms with Gasteiger partial charge in [0.15, 0.2) is 0 Å². The summed E-state index contributed by atoms with van der Waals surface area (Å²) in [5.41, 5.74) is -0.163. The number of nitro groups is 1. The Morgan fingerprint density at radius 3 is 2.68 bits per heavy atom. The Labute approximate surface area is 113 Å². The van der Waals surface area contributed by atoms with Crippen molar-refractivity contribution in [2.24, 2.45) is 0 Å². The van der Waals surface area contributed by atoms with Crippen molar-refractivity contribution < 1.29 is 19.2 Å². The maximum atomic E-state index is 11.7. The van der Waals surface area contributed by atoms with Crippen LogP contribution in [0, 0.1) is 10.1 Å². The highest BCUT2D eigenvalue weighted by Crippen LogP contribution is 2.22. The van der Waals surface area contributed by atoms with E-state index in [1.165, 1.54) is 6.07 Å². The predicted octanol–water partition coefficient (Wildman–Crippen LogP) is 1.54. The molecule has 0 saturated heterocycles. The van der Waals surface area contributed by atoms with Crippen LogP contribution in [-0.2, 0) is 9.53 Å². The van der Waals surface area contributed by atoms with Gasteiger partial charge < -0.3 is 10.1 Å². The van der Waals surface area contributed by atoms with Gasteiger partial charge >= 0.3 is 5.97 Å². The van der Waals surface area contributed by atoms with Crippen molar-refractivity contribution in [3.8, 4) is 0 Å². The fourth-order valence-corrected chi connectivity index (χ4v) is 1.52. The Morgan fingerprint density at radius 2 is 2.16 bits per heavy atom. The Hall–Kier alpha value is -2.15. The molecule has 0 unspecified atom stereocenters. The van der Waals surface area contributed by atoms with Gasteiger partial charge in [0.1, 0.15) is 6.54 Å². The van der Waals surface area contributed by atoms with E-state index in [1.54, 1.807) is 6.92 Å². The molecule has 7 nitrogen and oxygen atoms in total. The first-order chi connectivity index (χ1) is 8.95. The molecule has 1 aromatic carbocycles. The zero-order chi connectivity index (χ0) is 14.4. The molecular formula is C11H11ClN2O5. The number of halogens is 1. The van der Waals surface area contributed by atoms with Crippen molar-refractivity contribution in [1.82, 2.24) is 5.32 Å². The number of hydrogen-bond acceptors (Lipinski definition) is 5. The number of nitro benzene ring substituents is 1. The highest BCUT2D eigenvalue weighted by Gasteiger charge is 2.15. The van der Waals surface area contributed by atoms with Crippen LogP contribution in [0.5, 0.6) is 0 Å². The molecule has 0 aromatic heterocycles. The number of ether oxygens (including phenoxy) is 1. The number of non-ortho nitro benzene ring substituents is 1. The lowest BCUT2D eigenvalue weighted by Crippen LogP contribution is -2.30. The molecule has 0 fully saturated rings. The number of rotatable bonds is 5. The van der Waals surface area contributed by atoms with E-state index in [0.717, 1.165) is 12.1 Å². The number of nitrogens with zero attached hydrogens (tertiary/aromatic N) is 1. The molecule has 19 heavy (non-hydrogen) atoms. The van der Waals surface area contributed by atoms with Gasteiger partial charge in [0.2, 0.25) is 0 Å². The maximum Gasteiger partial charge on any atom is 0.325 e. The molecule has 0 heterocycles. The Kier molecular flexibility index (Phi) is 5.25. The molecule has 0 radical (unpaired) electrons. The third kappa shape index (κ3) is 4.22. The van der Waals surface area contributed by atoms with Crippen molar-refractivity contribution in [1.29, 1.82) is 0 Å². The number of carbonyl (C=O) groups excluding carboxylic acids is 2. The van der Waals surface area contributed by atoms with Gasteiger partial charge in [0.25, 0.3) is 11.6 Å². The predicted molar refractivity (Wildman–Crippen MR) is 67.1 cm³/mol. The van der Waals surface area contributed by atoms with Gasteiger partial charge in [0.05, 0.1) is 22.1 Å². The van der Waals surface area contributed by atoms with Crippen molar-refractivity contribution >= 4 is 29.2 Å². The van der Waals surface area contributed by atoms with Gasteiger partial charge in [-0.2, -0.15) is 0 Å². The molecule has 0 bridgehead atoms. The van der Waals surface area contributed by atoms with E-state index in [0.29, 0.717) is 0 Å². The Balaban J connectivity index is 2.72. The van der Waals surface area contributed by atoms with Crippen LogP contribution in [0.25, 0.3) is 0 Å². The van der Waals surface area contributed by atoms with Gasteiger partial charge in [-0.1, -0.05) is 11.6 Å². The van der Waals surface area contributed by atoms with E-state index in [-0.39, 0.29) is 29.4 Å². The van der Waals surface area contributed by atoms with Crippen LogP contribution in [0.2, 0.25) is 5.02 Å². The van der Waals surface area contributed by atoms with Crippen molar-refractivity contribution in [3.63, 3.8) is 0 Å². The molecular weight excluding hydrogens is 276 g/mol. The van der Waals surface area contributed by atoms with E-state index in [1.807, 2.05) is 0 Å². The van der Waals surface area contributed by atoms with Gasteiger partial charge in [-0.25, -0.2) is 0 Å². The molecule has 0 aliphatic rings. The summed E-state index contributed by atoms with van der Waals surface area (Å²) < 4.78 is 4.63. The second-order valence-electron chi connectivity index (χ2n) is 3.41. The number of hydrogen-bond donors (Lipinski definition) is 1. The summed E-state index contributed by atoms with van der Waals surface area (Å²) in [6, 6.07) is 3.45. The number of amides is 1. The quantitative estimate of drug-likeness (QED) is 0.503. The molecule has 1 aromatic rings. The first-order valence-electron chi connectivity index (χ1n) is 5.33. The first-order valence-corrected chi connectivity index (χ1v) is 5.71. The summed E-state index contributed by atoms with van der Waals surface area (Å²) >= 11 is 5.76. The summed E-state index contributed by atoms with van der Waals surface area (Å²) in [7, 11) is 0. The minimum absolute atomic E-state index is 0.0524. The van der Waals surface area contributed by atoms with E-state index < -0.39 is 16.8 Å². The fourth-order valence-electron chi connectivity index (χ4n) is 1.26. The van der Waals surface area contributed by atoms with Crippen LogP contribution in [0.3, 0.4) is 0 Å². The smallest absolute Gasteiger partial charge is 0.325 e. The van der Waals surface area contributed by atoms with Crippen LogP contribution >= 0.6 is 11.6 Å². The topological polar surface area (TPSA) is 98.5 Å². The van der Waals surface area contributed by atoms with Gasteiger partial charge in [-0.05, 0) is 13.0 Å². The lowest BCUT2D eigenvalue weighted by atomic mass is 10.2. The van der Waals surface area contributed by atoms with Crippen molar-refractivity contribution in [3.05, 3.63) is 38.9 Å². The van der Waals surface area contributed by atoms with Crippen molar-refractivity contribution in [2.75, 3.05) is 13.2 Å². The Bertz CT molecular complexity index is 518. The number of benzene rings is 1. The third-order valence-corrected chi connectivity index (χ3v) is 2.42. The first kappa shape index (κ1) is 14.9. The van der Waals surface area contributed by atoms with Crippen LogP contribution in [-0.4, -0.2) is 30.0 Å². The van der Waals surface area contributed by atoms with E-state index in [9.17, 15) is 19.7 Å². The number of nitrogens with one attached hydrogen (secondary N) is 1. The summed E-state index contributed by atoms with van der Waals surface area (Å²) in [6.45, 7) is 1.57. The van der Waals surface area contributed by atoms with E-state index in [4.69, 9.17) is 11.6 Å². The zero-order valence-corrected chi connectivity index (χ0v) is 10.8. The molecule has 102 valence electrons. The summed E-state index contributed by atoms with van der Waals surface area (Å²) in [4.78, 5) is 32.6. The third-order valence-electron chi connectivity index (χ3n) is 2.11. The highest BCUT2D eigenvalue weighted by atomic mass is 35.5. The number of carbonyl (C=O) groups is 2. The molecule has 0 saturated carbocycles. The van der Waals surface area contributed by atoms with Crippen LogP contribution in [0.1, 0.15) is 17.3 Å². The molecule has 1 amide bonds. The normalized spacial score (nSPS) is 9.79.